The zero-order valence-electron chi connectivity index (χ0n) is 10.5. The number of nitrogens with one attached hydrogen (secondary N) is 1. The summed E-state index contributed by atoms with van der Waals surface area (Å²) in [5.41, 5.74) is 4.47. The van der Waals surface area contributed by atoms with Gasteiger partial charge in [-0.3, -0.25) is 4.84 Å². The minimum absolute atomic E-state index is 0.555. The van der Waals surface area contributed by atoms with Crippen molar-refractivity contribution in [1.29, 1.82) is 0 Å². The van der Waals surface area contributed by atoms with Crippen LogP contribution >= 0.6 is 0 Å². The fourth-order valence-corrected chi connectivity index (χ4v) is 2.39. The molecular weight excluding hydrogens is 210 g/mol. The first kappa shape index (κ1) is 12.6. The lowest BCUT2D eigenvalue weighted by Gasteiger charge is -2.20. The molecular formula is C15H23NO. The molecule has 1 aromatic carbocycles. The van der Waals surface area contributed by atoms with Crippen molar-refractivity contribution in [3.8, 4) is 0 Å². The van der Waals surface area contributed by atoms with E-state index in [-0.39, 0.29) is 0 Å². The van der Waals surface area contributed by atoms with Crippen LogP contribution in [0.2, 0.25) is 0 Å². The van der Waals surface area contributed by atoms with Crippen molar-refractivity contribution >= 4 is 0 Å². The van der Waals surface area contributed by atoms with Crippen LogP contribution < -0.4 is 5.48 Å². The number of hydrogen-bond donors (Lipinski definition) is 1. The molecule has 0 saturated heterocycles. The second-order valence-corrected chi connectivity index (χ2v) is 4.93. The van der Waals surface area contributed by atoms with E-state index < -0.39 is 0 Å². The molecule has 1 aromatic rings. The van der Waals surface area contributed by atoms with Gasteiger partial charge in [-0.2, -0.15) is 5.48 Å². The van der Waals surface area contributed by atoms with Crippen molar-refractivity contribution < 1.29 is 4.84 Å². The van der Waals surface area contributed by atoms with E-state index in [0.29, 0.717) is 12.6 Å². The number of rotatable bonds is 4. The Hall–Kier alpha value is -0.860. The molecule has 1 saturated carbocycles. The van der Waals surface area contributed by atoms with Crippen LogP contribution in [0.4, 0.5) is 0 Å². The lowest BCUT2D eigenvalue weighted by molar-refractivity contribution is -0.00214. The van der Waals surface area contributed by atoms with Gasteiger partial charge in [0.05, 0.1) is 6.61 Å². The highest BCUT2D eigenvalue weighted by atomic mass is 16.6. The van der Waals surface area contributed by atoms with Crippen LogP contribution in [-0.4, -0.2) is 6.04 Å². The topological polar surface area (TPSA) is 21.3 Å². The second kappa shape index (κ2) is 7.46. The second-order valence-electron chi connectivity index (χ2n) is 4.93. The molecule has 0 atom stereocenters. The average molecular weight is 233 g/mol. The molecule has 94 valence electrons. The van der Waals surface area contributed by atoms with Crippen LogP contribution in [0.3, 0.4) is 0 Å². The first-order valence-corrected chi connectivity index (χ1v) is 6.86. The largest absolute Gasteiger partial charge is 0.297 e. The zero-order chi connectivity index (χ0) is 11.8. The van der Waals surface area contributed by atoms with Crippen LogP contribution in [0.15, 0.2) is 30.3 Å². The van der Waals surface area contributed by atoms with E-state index >= 15 is 0 Å². The maximum Gasteiger partial charge on any atom is 0.0933 e. The Kier molecular flexibility index (Phi) is 5.53. The molecule has 1 fully saturated rings. The van der Waals surface area contributed by atoms with Crippen LogP contribution in [0.1, 0.15) is 50.5 Å². The number of hydroxylamine groups is 1. The van der Waals surface area contributed by atoms with Gasteiger partial charge in [0.2, 0.25) is 0 Å². The molecule has 0 aromatic heterocycles. The van der Waals surface area contributed by atoms with Crippen LogP contribution in [-0.2, 0) is 11.4 Å². The standard InChI is InChI=1S/C15H23NO/c1-2-7-11-15(12-8-3-1)16-17-13-14-9-5-4-6-10-14/h4-6,9-10,15-16H,1-3,7-8,11-13H2. The molecule has 17 heavy (non-hydrogen) atoms. The first-order chi connectivity index (χ1) is 8.45. The number of hydrogen-bond acceptors (Lipinski definition) is 2. The average Bonchev–Trinajstić information content (AvgIpc) is 2.33. The summed E-state index contributed by atoms with van der Waals surface area (Å²) in [5.74, 6) is 0. The summed E-state index contributed by atoms with van der Waals surface area (Å²) in [5, 5.41) is 0. The third-order valence-corrected chi connectivity index (χ3v) is 3.44. The van der Waals surface area contributed by atoms with Gasteiger partial charge >= 0.3 is 0 Å². The van der Waals surface area contributed by atoms with Gasteiger partial charge in [0, 0.05) is 6.04 Å². The molecule has 2 rings (SSSR count). The molecule has 1 N–H and O–H groups in total. The molecule has 0 unspecified atom stereocenters. The summed E-state index contributed by atoms with van der Waals surface area (Å²) < 4.78 is 0. The van der Waals surface area contributed by atoms with Gasteiger partial charge in [0.1, 0.15) is 0 Å². The van der Waals surface area contributed by atoms with Crippen LogP contribution in [0.5, 0.6) is 0 Å². The highest BCUT2D eigenvalue weighted by Gasteiger charge is 2.10. The Bertz CT molecular complexity index is 291. The van der Waals surface area contributed by atoms with Gasteiger partial charge in [-0.15, -0.1) is 0 Å². The predicted octanol–water partition coefficient (Wildman–Crippen LogP) is 3.82. The molecule has 1 aliphatic carbocycles. The molecule has 2 heteroatoms. The predicted molar refractivity (Wildman–Crippen MR) is 70.5 cm³/mol. The minimum Gasteiger partial charge on any atom is -0.297 e. The van der Waals surface area contributed by atoms with Gasteiger partial charge in [-0.05, 0) is 18.4 Å². The van der Waals surface area contributed by atoms with Crippen molar-refractivity contribution in [2.45, 2.75) is 57.6 Å². The highest BCUT2D eigenvalue weighted by Crippen LogP contribution is 2.17. The van der Waals surface area contributed by atoms with E-state index in [1.165, 1.54) is 50.5 Å². The van der Waals surface area contributed by atoms with E-state index in [4.69, 9.17) is 4.84 Å². The first-order valence-electron chi connectivity index (χ1n) is 6.86. The summed E-state index contributed by atoms with van der Waals surface area (Å²) in [6, 6.07) is 10.9. The van der Waals surface area contributed by atoms with E-state index in [2.05, 4.69) is 29.7 Å². The summed E-state index contributed by atoms with van der Waals surface area (Å²) in [6.07, 6.45) is 9.38. The number of benzene rings is 1. The Balaban J connectivity index is 1.66. The Morgan fingerprint density at radius 1 is 0.941 bits per heavy atom. The van der Waals surface area contributed by atoms with Gasteiger partial charge in [0.15, 0.2) is 0 Å². The monoisotopic (exact) mass is 233 g/mol. The maximum atomic E-state index is 5.61. The van der Waals surface area contributed by atoms with Crippen molar-refractivity contribution in [3.05, 3.63) is 35.9 Å². The normalized spacial score (nSPS) is 18.6. The van der Waals surface area contributed by atoms with Gasteiger partial charge in [-0.1, -0.05) is 62.4 Å². The zero-order valence-corrected chi connectivity index (χ0v) is 10.5. The molecule has 1 aliphatic rings. The van der Waals surface area contributed by atoms with Gasteiger partial charge in [0.25, 0.3) is 0 Å². The maximum absolute atomic E-state index is 5.61. The molecule has 0 aliphatic heterocycles. The third kappa shape index (κ3) is 4.88. The smallest absolute Gasteiger partial charge is 0.0933 e. The Morgan fingerprint density at radius 3 is 2.29 bits per heavy atom. The lowest BCUT2D eigenvalue weighted by atomic mass is 9.97. The van der Waals surface area contributed by atoms with E-state index in [1.54, 1.807) is 0 Å². The van der Waals surface area contributed by atoms with Crippen LogP contribution in [0.25, 0.3) is 0 Å². The molecule has 0 spiro atoms. The summed E-state index contributed by atoms with van der Waals surface area (Å²) in [4.78, 5) is 5.61. The Labute approximate surface area is 104 Å². The molecule has 0 bridgehead atoms. The van der Waals surface area contributed by atoms with E-state index in [1.807, 2.05) is 6.07 Å². The van der Waals surface area contributed by atoms with E-state index in [0.717, 1.165) is 0 Å². The lowest BCUT2D eigenvalue weighted by Crippen LogP contribution is -2.29. The highest BCUT2D eigenvalue weighted by molar-refractivity contribution is 5.13. The van der Waals surface area contributed by atoms with Crippen molar-refractivity contribution in [1.82, 2.24) is 5.48 Å². The molecule has 0 radical (unpaired) electrons. The Morgan fingerprint density at radius 2 is 1.59 bits per heavy atom. The van der Waals surface area contributed by atoms with E-state index in [9.17, 15) is 0 Å². The third-order valence-electron chi connectivity index (χ3n) is 3.44. The fourth-order valence-electron chi connectivity index (χ4n) is 2.39. The van der Waals surface area contributed by atoms with Gasteiger partial charge < -0.3 is 0 Å². The summed E-state index contributed by atoms with van der Waals surface area (Å²) in [6.45, 7) is 0.664. The van der Waals surface area contributed by atoms with Crippen molar-refractivity contribution in [3.63, 3.8) is 0 Å². The minimum atomic E-state index is 0.555. The fraction of sp³-hybridized carbons (Fsp3) is 0.600. The van der Waals surface area contributed by atoms with Gasteiger partial charge in [-0.25, -0.2) is 0 Å². The van der Waals surface area contributed by atoms with Crippen molar-refractivity contribution in [2.24, 2.45) is 0 Å². The summed E-state index contributed by atoms with van der Waals surface area (Å²) >= 11 is 0. The SMILES string of the molecule is c1ccc(CONC2CCCCCCC2)cc1. The van der Waals surface area contributed by atoms with Crippen molar-refractivity contribution in [2.75, 3.05) is 0 Å². The summed E-state index contributed by atoms with van der Waals surface area (Å²) in [7, 11) is 0. The molecule has 0 amide bonds. The van der Waals surface area contributed by atoms with Crippen LogP contribution in [0, 0.1) is 0 Å². The quantitative estimate of drug-likeness (QED) is 0.798. The molecule has 0 heterocycles. The molecule has 2 nitrogen and oxygen atoms in total.